The second-order valence-corrected chi connectivity index (χ2v) is 4.47. The van der Waals surface area contributed by atoms with Crippen LogP contribution in [0.2, 0.25) is 5.02 Å². The number of nitrogens with one attached hydrogen (secondary N) is 1. The molecule has 3 nitrogen and oxygen atoms in total. The highest BCUT2D eigenvalue weighted by molar-refractivity contribution is 6.30. The minimum Gasteiger partial charge on any atom is -0.432 e. The number of rotatable bonds is 4. The van der Waals surface area contributed by atoms with Gasteiger partial charge in [0.05, 0.1) is 11.4 Å². The van der Waals surface area contributed by atoms with Gasteiger partial charge in [-0.25, -0.2) is 8.78 Å². The Kier molecular flexibility index (Phi) is 4.42. The zero-order valence-corrected chi connectivity index (χ0v) is 11.1. The Morgan fingerprint density at radius 2 is 1.81 bits per heavy atom. The Balaban J connectivity index is 2.34. The number of hydrogen-bond acceptors (Lipinski definition) is 3. The van der Waals surface area contributed by atoms with E-state index in [1.165, 1.54) is 6.07 Å². The number of benzene rings is 2. The number of nitrogen functional groups attached to an aromatic ring is 1. The lowest BCUT2D eigenvalue weighted by Gasteiger charge is -2.13. The lowest BCUT2D eigenvalue weighted by molar-refractivity contribution is -0.0521. The highest BCUT2D eigenvalue weighted by atomic mass is 35.5. The van der Waals surface area contributed by atoms with Gasteiger partial charge in [-0.2, -0.15) is 8.78 Å². The summed E-state index contributed by atoms with van der Waals surface area (Å²) >= 11 is 5.69. The predicted molar refractivity (Wildman–Crippen MR) is 72.1 cm³/mol. The maximum absolute atomic E-state index is 13.4. The number of halogens is 5. The van der Waals surface area contributed by atoms with E-state index in [1.807, 2.05) is 0 Å². The molecule has 0 radical (unpaired) electrons. The minimum absolute atomic E-state index is 0.0606. The third kappa shape index (κ3) is 3.91. The van der Waals surface area contributed by atoms with Gasteiger partial charge in [-0.1, -0.05) is 11.6 Å². The molecule has 0 aromatic heterocycles. The summed E-state index contributed by atoms with van der Waals surface area (Å²) in [6.45, 7) is -3.18. The van der Waals surface area contributed by atoms with Crippen LogP contribution in [0.5, 0.6) is 5.75 Å². The quantitative estimate of drug-likeness (QED) is 0.642. The summed E-state index contributed by atoms with van der Waals surface area (Å²) in [5.74, 6) is -2.31. The molecule has 0 aliphatic rings. The molecule has 0 saturated carbocycles. The fourth-order valence-corrected chi connectivity index (χ4v) is 1.87. The van der Waals surface area contributed by atoms with E-state index >= 15 is 0 Å². The third-order valence-electron chi connectivity index (χ3n) is 2.46. The van der Waals surface area contributed by atoms with Crippen LogP contribution < -0.4 is 15.8 Å². The molecule has 21 heavy (non-hydrogen) atoms. The van der Waals surface area contributed by atoms with Crippen LogP contribution >= 0.6 is 11.6 Å². The van der Waals surface area contributed by atoms with E-state index in [0.717, 1.165) is 24.3 Å². The van der Waals surface area contributed by atoms with Crippen molar-refractivity contribution in [1.82, 2.24) is 0 Å². The van der Waals surface area contributed by atoms with Gasteiger partial charge in [-0.3, -0.25) is 0 Å². The van der Waals surface area contributed by atoms with Crippen LogP contribution in [0.3, 0.4) is 0 Å². The average Bonchev–Trinajstić information content (AvgIpc) is 2.33. The molecule has 0 amide bonds. The summed E-state index contributed by atoms with van der Waals surface area (Å²) in [6.07, 6.45) is 0. The van der Waals surface area contributed by atoms with Crippen LogP contribution in [-0.2, 0) is 0 Å². The van der Waals surface area contributed by atoms with Gasteiger partial charge in [0, 0.05) is 22.8 Å². The molecule has 0 atom stereocenters. The van der Waals surface area contributed by atoms with Gasteiger partial charge in [0.25, 0.3) is 0 Å². The van der Waals surface area contributed by atoms with Crippen LogP contribution in [0.25, 0.3) is 0 Å². The van der Waals surface area contributed by atoms with E-state index in [4.69, 9.17) is 17.3 Å². The van der Waals surface area contributed by atoms with Crippen LogP contribution in [0.15, 0.2) is 30.3 Å². The molecule has 112 valence electrons. The number of alkyl halides is 2. The normalized spacial score (nSPS) is 10.8. The Labute approximate surface area is 122 Å². The van der Waals surface area contributed by atoms with Crippen molar-refractivity contribution in [2.45, 2.75) is 6.61 Å². The van der Waals surface area contributed by atoms with Gasteiger partial charge in [0.1, 0.15) is 5.82 Å². The van der Waals surface area contributed by atoms with E-state index in [0.29, 0.717) is 0 Å². The first kappa shape index (κ1) is 15.2. The van der Waals surface area contributed by atoms with Crippen molar-refractivity contribution in [3.63, 3.8) is 0 Å². The summed E-state index contributed by atoms with van der Waals surface area (Å²) < 4.78 is 55.0. The maximum atomic E-state index is 13.4. The Morgan fingerprint density at radius 1 is 1.10 bits per heavy atom. The monoisotopic (exact) mass is 320 g/mol. The molecule has 3 N–H and O–H groups in total. The van der Waals surface area contributed by atoms with E-state index in [1.54, 1.807) is 0 Å². The molecule has 0 aliphatic heterocycles. The fourth-order valence-electron chi connectivity index (χ4n) is 1.64. The molecule has 0 unspecified atom stereocenters. The van der Waals surface area contributed by atoms with Crippen LogP contribution in [0, 0.1) is 11.6 Å². The van der Waals surface area contributed by atoms with Gasteiger partial charge in [0.15, 0.2) is 11.6 Å². The molecule has 0 saturated heterocycles. The van der Waals surface area contributed by atoms with Crippen molar-refractivity contribution in [3.8, 4) is 5.75 Å². The third-order valence-corrected chi connectivity index (χ3v) is 2.68. The smallest absolute Gasteiger partial charge is 0.387 e. The fraction of sp³-hybridized carbons (Fsp3) is 0.0769. The van der Waals surface area contributed by atoms with E-state index in [-0.39, 0.29) is 22.1 Å². The largest absolute Gasteiger partial charge is 0.432 e. The predicted octanol–water partition coefficient (Wildman–Crippen LogP) is 4.55. The second-order valence-electron chi connectivity index (χ2n) is 4.03. The van der Waals surface area contributed by atoms with Crippen LogP contribution in [0.4, 0.5) is 34.6 Å². The molecule has 2 rings (SSSR count). The summed E-state index contributed by atoms with van der Waals surface area (Å²) in [5, 5.41) is 2.78. The summed E-state index contributed by atoms with van der Waals surface area (Å²) in [6, 6.07) is 5.37. The van der Waals surface area contributed by atoms with Crippen LogP contribution in [-0.4, -0.2) is 6.61 Å². The topological polar surface area (TPSA) is 47.3 Å². The van der Waals surface area contributed by atoms with Gasteiger partial charge < -0.3 is 15.8 Å². The first-order valence-electron chi connectivity index (χ1n) is 5.62. The summed E-state index contributed by atoms with van der Waals surface area (Å²) in [5.41, 5.74) is 5.81. The van der Waals surface area contributed by atoms with Gasteiger partial charge >= 0.3 is 6.61 Å². The molecule has 0 aliphatic carbocycles. The molecule has 0 heterocycles. The molecular weight excluding hydrogens is 312 g/mol. The highest BCUT2D eigenvalue weighted by Crippen LogP contribution is 2.32. The maximum Gasteiger partial charge on any atom is 0.387 e. The zero-order valence-electron chi connectivity index (χ0n) is 10.3. The van der Waals surface area contributed by atoms with E-state index < -0.39 is 24.0 Å². The second kappa shape index (κ2) is 6.09. The van der Waals surface area contributed by atoms with Crippen molar-refractivity contribution >= 4 is 28.7 Å². The van der Waals surface area contributed by atoms with Crippen molar-refractivity contribution in [2.75, 3.05) is 11.1 Å². The van der Waals surface area contributed by atoms with Gasteiger partial charge in [-0.05, 0) is 18.2 Å². The number of anilines is 3. The average molecular weight is 321 g/mol. The SMILES string of the molecule is Nc1cc(F)c(OC(F)F)cc1Nc1cc(F)cc(Cl)c1. The number of nitrogens with two attached hydrogens (primary N) is 1. The summed E-state index contributed by atoms with van der Waals surface area (Å²) in [7, 11) is 0. The standard InChI is InChI=1S/C13H9ClF4N2O/c14-6-1-7(15)3-8(2-6)20-11-5-12(21-13(17)18)9(16)4-10(11)19/h1-5,13,20H,19H2. The molecular formula is C13H9ClF4N2O. The van der Waals surface area contributed by atoms with Crippen molar-refractivity contribution in [1.29, 1.82) is 0 Å². The molecule has 0 spiro atoms. The molecule has 2 aromatic rings. The van der Waals surface area contributed by atoms with Gasteiger partial charge in [0.2, 0.25) is 0 Å². The lowest BCUT2D eigenvalue weighted by Crippen LogP contribution is -2.06. The molecule has 2 aromatic carbocycles. The number of ether oxygens (including phenoxy) is 1. The molecule has 0 bridgehead atoms. The van der Waals surface area contributed by atoms with Crippen molar-refractivity contribution < 1.29 is 22.3 Å². The van der Waals surface area contributed by atoms with Crippen LogP contribution in [0.1, 0.15) is 0 Å². The number of hydrogen-bond donors (Lipinski definition) is 2. The van der Waals surface area contributed by atoms with Gasteiger partial charge in [-0.15, -0.1) is 0 Å². The molecule has 0 fully saturated rings. The Morgan fingerprint density at radius 3 is 2.43 bits per heavy atom. The molecule has 8 heteroatoms. The first-order valence-corrected chi connectivity index (χ1v) is 6.00. The Bertz CT molecular complexity index is 647. The minimum atomic E-state index is -3.18. The highest BCUT2D eigenvalue weighted by Gasteiger charge is 2.14. The van der Waals surface area contributed by atoms with E-state index in [2.05, 4.69) is 10.1 Å². The lowest BCUT2D eigenvalue weighted by atomic mass is 10.2. The van der Waals surface area contributed by atoms with Crippen molar-refractivity contribution in [2.24, 2.45) is 0 Å². The Hall–Kier alpha value is -2.15. The first-order chi connectivity index (χ1) is 9.85. The zero-order chi connectivity index (χ0) is 15.6. The van der Waals surface area contributed by atoms with Crippen molar-refractivity contribution in [3.05, 3.63) is 47.0 Å². The van der Waals surface area contributed by atoms with E-state index in [9.17, 15) is 17.6 Å². The summed E-state index contributed by atoms with van der Waals surface area (Å²) in [4.78, 5) is 0.